The summed E-state index contributed by atoms with van der Waals surface area (Å²) in [6, 6.07) is 3.35. The number of nitrogens with zero attached hydrogens (tertiary/aromatic N) is 1. The second-order valence-electron chi connectivity index (χ2n) is 3.30. The molecule has 0 amide bonds. The Morgan fingerprint density at radius 2 is 2.47 bits per heavy atom. The second kappa shape index (κ2) is 7.19. The Kier molecular flexibility index (Phi) is 5.86. The van der Waals surface area contributed by atoms with Crippen LogP contribution in [0.3, 0.4) is 0 Å². The fourth-order valence-corrected chi connectivity index (χ4v) is 1.37. The van der Waals surface area contributed by atoms with E-state index in [1.54, 1.807) is 31.3 Å². The van der Waals surface area contributed by atoms with Gasteiger partial charge in [0.25, 0.3) is 0 Å². The summed E-state index contributed by atoms with van der Waals surface area (Å²) in [6.07, 6.45) is 3.43. The van der Waals surface area contributed by atoms with Crippen molar-refractivity contribution >= 4 is 21.9 Å². The molecule has 0 bridgehead atoms. The summed E-state index contributed by atoms with van der Waals surface area (Å²) in [5.74, 6) is -0.0561. The van der Waals surface area contributed by atoms with Crippen molar-refractivity contribution in [3.8, 4) is 5.75 Å². The number of hydrogen-bond acceptors (Lipinski definition) is 4. The zero-order valence-corrected chi connectivity index (χ0v) is 11.1. The topological polar surface area (TPSA) is 48.4 Å². The van der Waals surface area contributed by atoms with Crippen LogP contribution in [0.5, 0.6) is 5.75 Å². The Bertz CT molecular complexity index is 395. The molecule has 1 atom stereocenters. The van der Waals surface area contributed by atoms with Gasteiger partial charge in [0.1, 0.15) is 4.60 Å². The van der Waals surface area contributed by atoms with Gasteiger partial charge >= 0.3 is 5.97 Å². The van der Waals surface area contributed by atoms with Crippen LogP contribution in [0.25, 0.3) is 0 Å². The van der Waals surface area contributed by atoms with Gasteiger partial charge in [0, 0.05) is 6.20 Å². The zero-order chi connectivity index (χ0) is 12.7. The average Bonchev–Trinajstić information content (AvgIpc) is 2.32. The van der Waals surface area contributed by atoms with Crippen LogP contribution >= 0.6 is 15.9 Å². The summed E-state index contributed by atoms with van der Waals surface area (Å²) < 4.78 is 10.9. The molecule has 1 aromatic rings. The molecule has 0 radical (unpaired) electrons. The summed E-state index contributed by atoms with van der Waals surface area (Å²) in [7, 11) is 0. The van der Waals surface area contributed by atoms with E-state index in [0.29, 0.717) is 23.4 Å². The molecule has 4 nitrogen and oxygen atoms in total. The molecule has 1 aromatic heterocycles. The highest BCUT2D eigenvalue weighted by atomic mass is 79.9. The third-order valence-corrected chi connectivity index (χ3v) is 2.55. The summed E-state index contributed by atoms with van der Waals surface area (Å²) in [5, 5.41) is 0. The van der Waals surface area contributed by atoms with Gasteiger partial charge in [-0.3, -0.25) is 0 Å². The third kappa shape index (κ3) is 4.66. The molecule has 0 aliphatic rings. The van der Waals surface area contributed by atoms with Gasteiger partial charge in [-0.05, 0) is 41.4 Å². The van der Waals surface area contributed by atoms with Gasteiger partial charge in [0.05, 0.1) is 6.61 Å². The van der Waals surface area contributed by atoms with Crippen molar-refractivity contribution < 1.29 is 14.3 Å². The SMILES string of the molecule is C=CCCOC(C)C(=O)Oc1cccnc1Br. The first-order valence-corrected chi connectivity index (χ1v) is 5.99. The number of carbonyl (C=O) groups is 1. The molecule has 0 saturated heterocycles. The summed E-state index contributed by atoms with van der Waals surface area (Å²) in [4.78, 5) is 15.6. The predicted octanol–water partition coefficient (Wildman–Crippen LogP) is 2.73. The Morgan fingerprint density at radius 3 is 3.12 bits per heavy atom. The number of aromatic nitrogens is 1. The fraction of sp³-hybridized carbons (Fsp3) is 0.333. The molecule has 17 heavy (non-hydrogen) atoms. The van der Waals surface area contributed by atoms with E-state index < -0.39 is 12.1 Å². The Hall–Kier alpha value is -1.20. The number of hydrogen-bond donors (Lipinski definition) is 0. The van der Waals surface area contributed by atoms with Crippen LogP contribution in [0.1, 0.15) is 13.3 Å². The van der Waals surface area contributed by atoms with Crippen LogP contribution in [0.2, 0.25) is 0 Å². The summed E-state index contributed by atoms with van der Waals surface area (Å²) in [5.41, 5.74) is 0. The maximum atomic E-state index is 11.6. The van der Waals surface area contributed by atoms with Crippen molar-refractivity contribution in [1.29, 1.82) is 0 Å². The lowest BCUT2D eigenvalue weighted by Gasteiger charge is -2.12. The minimum Gasteiger partial charge on any atom is -0.422 e. The van der Waals surface area contributed by atoms with Gasteiger partial charge in [0.15, 0.2) is 11.9 Å². The highest BCUT2D eigenvalue weighted by molar-refractivity contribution is 9.10. The van der Waals surface area contributed by atoms with E-state index in [4.69, 9.17) is 9.47 Å². The van der Waals surface area contributed by atoms with Gasteiger partial charge in [-0.2, -0.15) is 0 Å². The number of pyridine rings is 1. The van der Waals surface area contributed by atoms with E-state index in [1.807, 2.05) is 0 Å². The van der Waals surface area contributed by atoms with E-state index in [1.165, 1.54) is 0 Å². The Labute approximate surface area is 109 Å². The highest BCUT2D eigenvalue weighted by Crippen LogP contribution is 2.21. The Morgan fingerprint density at radius 1 is 1.71 bits per heavy atom. The maximum absolute atomic E-state index is 11.6. The third-order valence-electron chi connectivity index (χ3n) is 1.96. The molecule has 0 N–H and O–H groups in total. The minimum absolute atomic E-state index is 0.386. The lowest BCUT2D eigenvalue weighted by molar-refractivity contribution is -0.146. The van der Waals surface area contributed by atoms with Crippen LogP contribution in [0, 0.1) is 0 Å². The number of rotatable bonds is 6. The van der Waals surface area contributed by atoms with Crippen molar-refractivity contribution in [2.24, 2.45) is 0 Å². The molecule has 5 heteroatoms. The number of ether oxygens (including phenoxy) is 2. The van der Waals surface area contributed by atoms with E-state index in [2.05, 4.69) is 27.5 Å². The summed E-state index contributed by atoms with van der Waals surface area (Å²) in [6.45, 7) is 5.67. The van der Waals surface area contributed by atoms with Gasteiger partial charge < -0.3 is 9.47 Å². The molecular formula is C12H14BrNO3. The lowest BCUT2D eigenvalue weighted by Crippen LogP contribution is -2.26. The van der Waals surface area contributed by atoms with Crippen LogP contribution < -0.4 is 4.74 Å². The summed E-state index contributed by atoms with van der Waals surface area (Å²) >= 11 is 3.20. The predicted molar refractivity (Wildman–Crippen MR) is 67.8 cm³/mol. The first-order chi connectivity index (χ1) is 8.15. The maximum Gasteiger partial charge on any atom is 0.340 e. The number of esters is 1. The minimum atomic E-state index is -0.609. The quantitative estimate of drug-likeness (QED) is 0.351. The monoisotopic (exact) mass is 299 g/mol. The molecule has 0 aliphatic carbocycles. The molecule has 0 aliphatic heterocycles. The van der Waals surface area contributed by atoms with Crippen molar-refractivity contribution in [2.45, 2.75) is 19.4 Å². The van der Waals surface area contributed by atoms with E-state index in [-0.39, 0.29) is 0 Å². The molecule has 0 spiro atoms. The zero-order valence-electron chi connectivity index (χ0n) is 9.56. The van der Waals surface area contributed by atoms with Gasteiger partial charge in [-0.1, -0.05) is 6.08 Å². The largest absolute Gasteiger partial charge is 0.422 e. The Balaban J connectivity index is 2.48. The molecule has 0 aromatic carbocycles. The van der Waals surface area contributed by atoms with Crippen molar-refractivity contribution in [3.05, 3.63) is 35.6 Å². The molecule has 0 fully saturated rings. The first kappa shape index (κ1) is 13.9. The van der Waals surface area contributed by atoms with Crippen LogP contribution in [-0.2, 0) is 9.53 Å². The molecule has 1 heterocycles. The van der Waals surface area contributed by atoms with E-state index in [0.717, 1.165) is 0 Å². The molecule has 1 rings (SSSR count). The van der Waals surface area contributed by atoms with Crippen LogP contribution in [0.15, 0.2) is 35.6 Å². The van der Waals surface area contributed by atoms with Crippen molar-refractivity contribution in [2.75, 3.05) is 6.61 Å². The molecule has 92 valence electrons. The van der Waals surface area contributed by atoms with Crippen LogP contribution in [-0.4, -0.2) is 23.7 Å². The lowest BCUT2D eigenvalue weighted by atomic mass is 10.4. The van der Waals surface area contributed by atoms with Crippen molar-refractivity contribution in [1.82, 2.24) is 4.98 Å². The van der Waals surface area contributed by atoms with E-state index >= 15 is 0 Å². The first-order valence-electron chi connectivity index (χ1n) is 5.20. The number of carbonyl (C=O) groups excluding carboxylic acids is 1. The fourth-order valence-electron chi connectivity index (χ4n) is 1.03. The number of halogens is 1. The van der Waals surface area contributed by atoms with Crippen molar-refractivity contribution in [3.63, 3.8) is 0 Å². The second-order valence-corrected chi connectivity index (χ2v) is 4.05. The van der Waals surface area contributed by atoms with E-state index in [9.17, 15) is 4.79 Å². The normalized spacial score (nSPS) is 11.9. The smallest absolute Gasteiger partial charge is 0.340 e. The van der Waals surface area contributed by atoms with Crippen LogP contribution in [0.4, 0.5) is 0 Å². The molecule has 0 saturated carbocycles. The van der Waals surface area contributed by atoms with Gasteiger partial charge in [-0.25, -0.2) is 9.78 Å². The average molecular weight is 300 g/mol. The van der Waals surface area contributed by atoms with Gasteiger partial charge in [-0.15, -0.1) is 6.58 Å². The molecule has 1 unspecified atom stereocenters. The molecular weight excluding hydrogens is 286 g/mol. The van der Waals surface area contributed by atoms with Gasteiger partial charge in [0.2, 0.25) is 0 Å². The standard InChI is InChI=1S/C12H14BrNO3/c1-3-4-8-16-9(2)12(15)17-10-6-5-7-14-11(10)13/h3,5-7,9H,1,4,8H2,2H3. The highest BCUT2D eigenvalue weighted by Gasteiger charge is 2.16.